The first-order valence-corrected chi connectivity index (χ1v) is 6.87. The van der Waals surface area contributed by atoms with Crippen LogP contribution < -0.4 is 0 Å². The van der Waals surface area contributed by atoms with Crippen LogP contribution in [0.3, 0.4) is 0 Å². The lowest BCUT2D eigenvalue weighted by molar-refractivity contribution is -0.176. The molecule has 7 unspecified atom stereocenters. The van der Waals surface area contributed by atoms with E-state index in [9.17, 15) is 5.11 Å². The minimum absolute atomic E-state index is 0.184. The first kappa shape index (κ1) is 10.4. The van der Waals surface area contributed by atoms with Gasteiger partial charge >= 0.3 is 0 Å². The molecule has 3 aliphatic carbocycles. The van der Waals surface area contributed by atoms with Crippen molar-refractivity contribution < 1.29 is 14.6 Å². The molecule has 1 heterocycles. The second kappa shape index (κ2) is 3.27. The maximum atomic E-state index is 9.85. The Kier molecular flexibility index (Phi) is 2.00. The summed E-state index contributed by atoms with van der Waals surface area (Å²) in [5.41, 5.74) is 0. The lowest BCUT2D eigenvalue weighted by Crippen LogP contribution is -2.36. The molecule has 0 spiro atoms. The summed E-state index contributed by atoms with van der Waals surface area (Å²) < 4.78 is 11.4. The van der Waals surface area contributed by atoms with Crippen LogP contribution in [0.2, 0.25) is 0 Å². The summed E-state index contributed by atoms with van der Waals surface area (Å²) >= 11 is 0. The summed E-state index contributed by atoms with van der Waals surface area (Å²) in [6.07, 6.45) is 4.86. The maximum absolute atomic E-state index is 9.85. The minimum atomic E-state index is -0.599. The maximum Gasteiger partial charge on any atom is 0.158 e. The molecule has 0 aromatic rings. The van der Waals surface area contributed by atoms with Gasteiger partial charge in [0, 0.05) is 11.8 Å². The largest absolute Gasteiger partial charge is 0.483 e. The molecule has 1 saturated heterocycles. The van der Waals surface area contributed by atoms with Gasteiger partial charge in [-0.1, -0.05) is 13.8 Å². The Balaban J connectivity index is 1.48. The molecule has 1 N–H and O–H groups in total. The Bertz CT molecular complexity index is 376. The average Bonchev–Trinajstić information content (AvgIpc) is 2.69. The van der Waals surface area contributed by atoms with Gasteiger partial charge in [0.25, 0.3) is 0 Å². The molecule has 0 aromatic heterocycles. The molecular formula is C14H20O3. The Labute approximate surface area is 102 Å². The Hall–Kier alpha value is -0.540. The summed E-state index contributed by atoms with van der Waals surface area (Å²) in [6.45, 7) is 4.00. The standard InChI is InChI=1S/C14H20O3/c1-6(2)14(15)17-10-4-7-3-8(10)9-5-11-13(16-11)12(7)9/h5-10,12-15H,3-4H2,1-2H3. The van der Waals surface area contributed by atoms with Crippen molar-refractivity contribution in [3.05, 3.63) is 11.8 Å². The summed E-state index contributed by atoms with van der Waals surface area (Å²) in [5, 5.41) is 9.85. The van der Waals surface area contributed by atoms with Crippen molar-refractivity contribution in [1.29, 1.82) is 0 Å². The molecule has 2 saturated carbocycles. The topological polar surface area (TPSA) is 42.0 Å². The fourth-order valence-corrected chi connectivity index (χ4v) is 4.27. The number of hydrogen-bond donors (Lipinski definition) is 1. The predicted octanol–water partition coefficient (Wildman–Crippen LogP) is 1.91. The van der Waals surface area contributed by atoms with Gasteiger partial charge in [-0.3, -0.25) is 0 Å². The average molecular weight is 236 g/mol. The number of aliphatic hydroxyl groups excluding tert-OH is 1. The van der Waals surface area contributed by atoms with Crippen LogP contribution in [-0.2, 0) is 9.47 Å². The molecule has 1 aliphatic heterocycles. The normalized spacial score (nSPS) is 50.9. The van der Waals surface area contributed by atoms with Crippen LogP contribution >= 0.6 is 0 Å². The molecule has 0 radical (unpaired) electrons. The van der Waals surface area contributed by atoms with E-state index in [0.717, 1.165) is 18.3 Å². The van der Waals surface area contributed by atoms with Crippen molar-refractivity contribution in [3.63, 3.8) is 0 Å². The fraction of sp³-hybridized carbons (Fsp3) is 0.857. The first-order chi connectivity index (χ1) is 8.15. The Morgan fingerprint density at radius 3 is 3.00 bits per heavy atom. The molecular weight excluding hydrogens is 216 g/mol. The highest BCUT2D eigenvalue weighted by molar-refractivity contribution is 5.31. The van der Waals surface area contributed by atoms with E-state index < -0.39 is 6.29 Å². The van der Waals surface area contributed by atoms with E-state index in [4.69, 9.17) is 9.47 Å². The summed E-state index contributed by atoms with van der Waals surface area (Å²) in [5.74, 6) is 4.22. The van der Waals surface area contributed by atoms with Gasteiger partial charge in [-0.2, -0.15) is 0 Å². The van der Waals surface area contributed by atoms with E-state index >= 15 is 0 Å². The van der Waals surface area contributed by atoms with Crippen molar-refractivity contribution in [2.45, 2.75) is 45.2 Å². The zero-order chi connectivity index (χ0) is 11.7. The number of ether oxygens (including phenoxy) is 2. The highest BCUT2D eigenvalue weighted by atomic mass is 16.6. The van der Waals surface area contributed by atoms with Crippen LogP contribution in [0.4, 0.5) is 0 Å². The van der Waals surface area contributed by atoms with Gasteiger partial charge in [0.05, 0.1) is 6.10 Å². The van der Waals surface area contributed by atoms with Gasteiger partial charge in [-0.15, -0.1) is 0 Å². The molecule has 17 heavy (non-hydrogen) atoms. The van der Waals surface area contributed by atoms with E-state index in [0.29, 0.717) is 17.9 Å². The molecule has 3 heteroatoms. The minimum Gasteiger partial charge on any atom is -0.483 e. The molecule has 2 bridgehead atoms. The molecule has 3 nitrogen and oxygen atoms in total. The van der Waals surface area contributed by atoms with Gasteiger partial charge < -0.3 is 14.6 Å². The lowest BCUT2D eigenvalue weighted by Gasteiger charge is -2.33. The number of allylic oxidation sites excluding steroid dienone is 1. The molecule has 4 rings (SSSR count). The van der Waals surface area contributed by atoms with Crippen LogP contribution in [0.5, 0.6) is 0 Å². The van der Waals surface area contributed by atoms with E-state index in [2.05, 4.69) is 6.08 Å². The number of fused-ring (bicyclic) bond motifs is 7. The second-order valence-electron chi connectivity index (χ2n) is 6.47. The van der Waals surface area contributed by atoms with Crippen molar-refractivity contribution >= 4 is 0 Å². The summed E-state index contributed by atoms with van der Waals surface area (Å²) in [4.78, 5) is 0. The zero-order valence-electron chi connectivity index (χ0n) is 10.4. The Morgan fingerprint density at radius 2 is 2.24 bits per heavy atom. The van der Waals surface area contributed by atoms with E-state index in [1.165, 1.54) is 12.2 Å². The van der Waals surface area contributed by atoms with Crippen LogP contribution in [-0.4, -0.2) is 23.6 Å². The molecule has 0 amide bonds. The van der Waals surface area contributed by atoms with Gasteiger partial charge in [0.2, 0.25) is 0 Å². The monoisotopic (exact) mass is 236 g/mol. The summed E-state index contributed by atoms with van der Waals surface area (Å²) in [7, 11) is 0. The van der Waals surface area contributed by atoms with Crippen molar-refractivity contribution in [2.75, 3.05) is 0 Å². The fourth-order valence-electron chi connectivity index (χ4n) is 4.27. The lowest BCUT2D eigenvalue weighted by atomic mass is 9.79. The second-order valence-corrected chi connectivity index (χ2v) is 6.47. The van der Waals surface area contributed by atoms with Crippen LogP contribution in [0.25, 0.3) is 0 Å². The highest BCUT2D eigenvalue weighted by Gasteiger charge is 2.63. The number of hydrogen-bond acceptors (Lipinski definition) is 3. The van der Waals surface area contributed by atoms with E-state index in [1.54, 1.807) is 0 Å². The highest BCUT2D eigenvalue weighted by Crippen LogP contribution is 2.63. The van der Waals surface area contributed by atoms with Crippen LogP contribution in [0.15, 0.2) is 11.8 Å². The molecule has 0 aromatic carbocycles. The van der Waals surface area contributed by atoms with Crippen molar-refractivity contribution in [2.24, 2.45) is 29.6 Å². The predicted molar refractivity (Wildman–Crippen MR) is 61.9 cm³/mol. The van der Waals surface area contributed by atoms with E-state index in [1.807, 2.05) is 13.8 Å². The quantitative estimate of drug-likeness (QED) is 0.601. The number of aliphatic hydroxyl groups is 1. The smallest absolute Gasteiger partial charge is 0.158 e. The van der Waals surface area contributed by atoms with Gasteiger partial charge in [-0.05, 0) is 36.7 Å². The molecule has 4 aliphatic rings. The van der Waals surface area contributed by atoms with Crippen LogP contribution in [0, 0.1) is 29.6 Å². The van der Waals surface area contributed by atoms with Gasteiger partial charge in [0.1, 0.15) is 5.76 Å². The third-order valence-electron chi connectivity index (χ3n) is 5.15. The zero-order valence-corrected chi connectivity index (χ0v) is 10.4. The molecule has 94 valence electrons. The third-order valence-corrected chi connectivity index (χ3v) is 5.15. The number of rotatable bonds is 3. The molecule has 3 fully saturated rings. The molecule has 7 atom stereocenters. The number of epoxide rings is 1. The first-order valence-electron chi connectivity index (χ1n) is 6.87. The Morgan fingerprint density at radius 1 is 1.41 bits per heavy atom. The summed E-state index contributed by atoms with van der Waals surface area (Å²) in [6, 6.07) is 0. The SMILES string of the molecule is CC(C)C(O)OC1CC2CC1C1C=C3OC3C21. The van der Waals surface area contributed by atoms with Gasteiger partial charge in [-0.25, -0.2) is 0 Å². The van der Waals surface area contributed by atoms with Crippen molar-refractivity contribution in [3.8, 4) is 0 Å². The van der Waals surface area contributed by atoms with Gasteiger partial charge in [0.15, 0.2) is 12.4 Å². The van der Waals surface area contributed by atoms with Crippen LogP contribution in [0.1, 0.15) is 26.7 Å². The van der Waals surface area contributed by atoms with Crippen molar-refractivity contribution in [1.82, 2.24) is 0 Å². The third kappa shape index (κ3) is 1.36. The van der Waals surface area contributed by atoms with E-state index in [-0.39, 0.29) is 12.0 Å².